The Labute approximate surface area is 393 Å². The molecule has 0 spiro atoms. The number of hydrogen-bond donors (Lipinski definition) is 2. The van der Waals surface area contributed by atoms with E-state index in [0.717, 1.165) is 16.7 Å². The molecule has 2 N–H and O–H groups in total. The number of benzene rings is 6. The molecule has 14 heteroatoms. The SMILES string of the molecule is O=C(OC[C@H]1O[C@@H](O[C@H]2[C@@H](OCc3ccccc3)[C@H](OCc3ccccc3)[C@@H](COCc3ccccc3)O[C@@H]2O)[C@@H](OC(=O)c2ccccc2)[C@@H](O)[C@@H]1OC(=O)c1ccccc1)c1ccccc1. The van der Waals surface area contributed by atoms with Crippen molar-refractivity contribution in [3.63, 3.8) is 0 Å². The van der Waals surface area contributed by atoms with Gasteiger partial charge in [0.2, 0.25) is 0 Å². The molecule has 0 saturated carbocycles. The molecule has 2 saturated heterocycles. The van der Waals surface area contributed by atoms with Crippen LogP contribution in [0.4, 0.5) is 0 Å². The fourth-order valence-electron chi connectivity index (χ4n) is 7.88. The lowest BCUT2D eigenvalue weighted by Gasteiger charge is -2.48. The van der Waals surface area contributed by atoms with Gasteiger partial charge in [-0.2, -0.15) is 0 Å². The topological polar surface area (TPSA) is 175 Å². The maximum Gasteiger partial charge on any atom is 0.338 e. The largest absolute Gasteiger partial charge is 0.459 e. The monoisotopic (exact) mass is 924 g/mol. The number of aliphatic hydroxyl groups excluding tert-OH is 2. The molecule has 10 atom stereocenters. The molecule has 2 fully saturated rings. The summed E-state index contributed by atoms with van der Waals surface area (Å²) in [5.41, 5.74) is 3.08. The summed E-state index contributed by atoms with van der Waals surface area (Å²) in [5.74, 6) is -2.43. The third kappa shape index (κ3) is 12.7. The van der Waals surface area contributed by atoms with E-state index in [9.17, 15) is 24.6 Å². The summed E-state index contributed by atoms with van der Waals surface area (Å²) in [6.45, 7) is -0.193. The van der Waals surface area contributed by atoms with E-state index in [4.69, 9.17) is 42.6 Å². The molecule has 6 aromatic carbocycles. The number of carbonyl (C=O) groups is 3. The Bertz CT molecular complexity index is 2460. The minimum atomic E-state index is -1.86. The fourth-order valence-corrected chi connectivity index (χ4v) is 7.88. The van der Waals surface area contributed by atoms with Crippen molar-refractivity contribution in [3.8, 4) is 0 Å². The van der Waals surface area contributed by atoms with Crippen LogP contribution in [-0.4, -0.2) is 103 Å². The first-order chi connectivity index (χ1) is 33.3. The average molecular weight is 925 g/mol. The van der Waals surface area contributed by atoms with Gasteiger partial charge in [-0.3, -0.25) is 0 Å². The van der Waals surface area contributed by atoms with Crippen molar-refractivity contribution in [3.05, 3.63) is 215 Å². The Morgan fingerprint density at radius 1 is 0.426 bits per heavy atom. The van der Waals surface area contributed by atoms with Gasteiger partial charge in [0, 0.05) is 0 Å². The van der Waals surface area contributed by atoms with E-state index in [1.165, 1.54) is 24.3 Å². The highest BCUT2D eigenvalue weighted by Crippen LogP contribution is 2.35. The highest BCUT2D eigenvalue weighted by atomic mass is 16.8. The van der Waals surface area contributed by atoms with Crippen molar-refractivity contribution in [2.24, 2.45) is 0 Å². The molecule has 0 radical (unpaired) electrons. The van der Waals surface area contributed by atoms with Gasteiger partial charge < -0.3 is 52.8 Å². The molecular formula is C54H52O14. The summed E-state index contributed by atoms with van der Waals surface area (Å²) in [6, 6.07) is 52.7. The molecule has 0 bridgehead atoms. The van der Waals surface area contributed by atoms with Gasteiger partial charge in [-0.05, 0) is 53.1 Å². The zero-order valence-electron chi connectivity index (χ0n) is 36.9. The van der Waals surface area contributed by atoms with E-state index in [2.05, 4.69) is 0 Å². The predicted molar refractivity (Wildman–Crippen MR) is 245 cm³/mol. The lowest BCUT2D eigenvalue weighted by Crippen LogP contribution is -2.66. The van der Waals surface area contributed by atoms with Crippen LogP contribution in [0.15, 0.2) is 182 Å². The molecule has 0 aliphatic carbocycles. The Balaban J connectivity index is 1.13. The second-order valence-electron chi connectivity index (χ2n) is 16.2. The molecule has 6 aromatic rings. The lowest BCUT2D eigenvalue weighted by molar-refractivity contribution is -0.368. The molecule has 2 aliphatic heterocycles. The quantitative estimate of drug-likeness (QED) is 0.0636. The second-order valence-corrected chi connectivity index (χ2v) is 16.2. The maximum atomic E-state index is 13.9. The van der Waals surface area contributed by atoms with Crippen LogP contribution in [0.25, 0.3) is 0 Å². The van der Waals surface area contributed by atoms with Crippen molar-refractivity contribution in [2.45, 2.75) is 81.2 Å². The van der Waals surface area contributed by atoms with Gasteiger partial charge in [-0.1, -0.05) is 146 Å². The van der Waals surface area contributed by atoms with Crippen LogP contribution in [0.3, 0.4) is 0 Å². The van der Waals surface area contributed by atoms with Crippen LogP contribution in [0.1, 0.15) is 47.8 Å². The predicted octanol–water partition coefficient (Wildman–Crippen LogP) is 6.87. The summed E-state index contributed by atoms with van der Waals surface area (Å²) in [5, 5.41) is 24.4. The minimum Gasteiger partial charge on any atom is -0.459 e. The van der Waals surface area contributed by atoms with E-state index in [0.29, 0.717) is 0 Å². The standard InChI is InChI=1S/C54H52O14/c55-44-45(66-51(57)40-27-15-5-16-28-40)43(35-63-50(56)39-25-13-4-14-26-39)65-54(47(44)67-52(58)41-29-17-6-18-30-41)68-49-48(62-33-38-23-11-3-12-24-38)46(61-32-37-21-9-2-10-22-37)42(64-53(49)59)34-60-31-36-19-7-1-8-20-36/h1-30,42-49,53-55,59H,31-35H2/t42-,43-,44+,45-,46-,47+,48+,49+,53+,54+/m1/s1. The van der Waals surface area contributed by atoms with Crippen molar-refractivity contribution in [1.82, 2.24) is 0 Å². The van der Waals surface area contributed by atoms with E-state index >= 15 is 0 Å². The second kappa shape index (κ2) is 23.9. The normalized spacial score (nSPS) is 24.6. The summed E-state index contributed by atoms with van der Waals surface area (Å²) >= 11 is 0. The van der Waals surface area contributed by atoms with Gasteiger partial charge in [0.25, 0.3) is 0 Å². The average Bonchev–Trinajstić information content (AvgIpc) is 3.39. The maximum absolute atomic E-state index is 13.9. The van der Waals surface area contributed by atoms with Crippen LogP contribution in [0.2, 0.25) is 0 Å². The summed E-state index contributed by atoms with van der Waals surface area (Å²) in [6.07, 6.45) is -14.6. The number of carbonyl (C=O) groups excluding carboxylic acids is 3. The number of esters is 3. The third-order valence-electron chi connectivity index (χ3n) is 11.4. The molecule has 68 heavy (non-hydrogen) atoms. The molecular weight excluding hydrogens is 873 g/mol. The van der Waals surface area contributed by atoms with E-state index < -0.39 is 85.9 Å². The van der Waals surface area contributed by atoms with Crippen LogP contribution in [0, 0.1) is 0 Å². The van der Waals surface area contributed by atoms with Gasteiger partial charge in [-0.25, -0.2) is 14.4 Å². The fraction of sp³-hybridized carbons (Fsp3) is 0.278. The number of rotatable bonds is 19. The highest BCUT2D eigenvalue weighted by molar-refractivity contribution is 5.90. The van der Waals surface area contributed by atoms with Crippen molar-refractivity contribution < 1.29 is 67.2 Å². The van der Waals surface area contributed by atoms with Crippen LogP contribution < -0.4 is 0 Å². The summed E-state index contributed by atoms with van der Waals surface area (Å²) in [7, 11) is 0. The minimum absolute atomic E-state index is 0.0252. The van der Waals surface area contributed by atoms with Crippen molar-refractivity contribution >= 4 is 17.9 Å². The lowest BCUT2D eigenvalue weighted by atomic mass is 9.96. The van der Waals surface area contributed by atoms with Gasteiger partial charge in [-0.15, -0.1) is 0 Å². The van der Waals surface area contributed by atoms with Crippen LogP contribution >= 0.6 is 0 Å². The summed E-state index contributed by atoms with van der Waals surface area (Å²) < 4.78 is 56.6. The Morgan fingerprint density at radius 2 is 0.838 bits per heavy atom. The first kappa shape index (κ1) is 47.9. The van der Waals surface area contributed by atoms with Gasteiger partial charge >= 0.3 is 17.9 Å². The van der Waals surface area contributed by atoms with Crippen LogP contribution in [-0.2, 0) is 62.5 Å². The first-order valence-corrected chi connectivity index (χ1v) is 22.3. The van der Waals surface area contributed by atoms with Crippen molar-refractivity contribution in [1.29, 1.82) is 0 Å². The van der Waals surface area contributed by atoms with Crippen molar-refractivity contribution in [2.75, 3.05) is 13.2 Å². The Hall–Kier alpha value is -6.59. The van der Waals surface area contributed by atoms with Gasteiger partial charge in [0.1, 0.15) is 43.2 Å². The summed E-state index contributed by atoms with van der Waals surface area (Å²) in [4.78, 5) is 40.8. The van der Waals surface area contributed by atoms with E-state index in [1.54, 1.807) is 66.7 Å². The molecule has 0 aromatic heterocycles. The highest BCUT2D eigenvalue weighted by Gasteiger charge is 2.55. The van der Waals surface area contributed by atoms with Crippen LogP contribution in [0.5, 0.6) is 0 Å². The third-order valence-corrected chi connectivity index (χ3v) is 11.4. The molecule has 14 nitrogen and oxygen atoms in total. The molecule has 2 aliphatic rings. The molecule has 8 rings (SSSR count). The van der Waals surface area contributed by atoms with Gasteiger partial charge in [0.15, 0.2) is 24.8 Å². The zero-order chi connectivity index (χ0) is 47.1. The number of aliphatic hydroxyl groups is 2. The van der Waals surface area contributed by atoms with E-state index in [1.807, 2.05) is 91.0 Å². The smallest absolute Gasteiger partial charge is 0.338 e. The number of ether oxygens (including phenoxy) is 9. The number of hydrogen-bond acceptors (Lipinski definition) is 14. The Kier molecular flexibility index (Phi) is 16.8. The first-order valence-electron chi connectivity index (χ1n) is 22.3. The molecule has 0 unspecified atom stereocenters. The van der Waals surface area contributed by atoms with E-state index in [-0.39, 0.29) is 43.1 Å². The Morgan fingerprint density at radius 3 is 1.34 bits per heavy atom. The zero-order valence-corrected chi connectivity index (χ0v) is 36.9. The molecule has 352 valence electrons. The van der Waals surface area contributed by atoms with Gasteiger partial charge in [0.05, 0.1) is 43.1 Å². The molecule has 2 heterocycles. The molecule has 0 amide bonds.